The van der Waals surface area contributed by atoms with Crippen molar-refractivity contribution in [1.29, 1.82) is 0 Å². The van der Waals surface area contributed by atoms with Crippen LogP contribution >= 0.6 is 22.9 Å². The molecular formula is C21H15ClFN3OS. The maximum absolute atomic E-state index is 14.1. The summed E-state index contributed by atoms with van der Waals surface area (Å²) in [4.78, 5) is 13.9. The highest BCUT2D eigenvalue weighted by atomic mass is 35.5. The average molecular weight is 412 g/mol. The molecule has 4 aromatic rings. The number of carbonyl (C=O) groups is 1. The Morgan fingerprint density at radius 2 is 1.86 bits per heavy atom. The molecule has 1 amide bonds. The first-order chi connectivity index (χ1) is 13.5. The smallest absolute Gasteiger partial charge is 0.265 e. The van der Waals surface area contributed by atoms with Crippen molar-refractivity contribution in [2.24, 2.45) is 7.05 Å². The van der Waals surface area contributed by atoms with Crippen LogP contribution in [0.3, 0.4) is 0 Å². The summed E-state index contributed by atoms with van der Waals surface area (Å²) in [5.41, 5.74) is 2.36. The van der Waals surface area contributed by atoms with Crippen molar-refractivity contribution in [3.8, 4) is 21.8 Å². The summed E-state index contributed by atoms with van der Waals surface area (Å²) in [5.74, 6) is -0.556. The van der Waals surface area contributed by atoms with Gasteiger partial charge in [-0.25, -0.2) is 4.39 Å². The fourth-order valence-corrected chi connectivity index (χ4v) is 3.97. The number of aromatic nitrogens is 2. The van der Waals surface area contributed by atoms with Crippen LogP contribution < -0.4 is 5.32 Å². The second-order valence-corrected chi connectivity index (χ2v) is 7.61. The van der Waals surface area contributed by atoms with Gasteiger partial charge in [-0.1, -0.05) is 35.9 Å². The first-order valence-corrected chi connectivity index (χ1v) is 9.67. The van der Waals surface area contributed by atoms with Gasteiger partial charge in [-0.3, -0.25) is 9.48 Å². The van der Waals surface area contributed by atoms with Gasteiger partial charge in [0.2, 0.25) is 0 Å². The number of hydrogen-bond acceptors (Lipinski definition) is 3. The van der Waals surface area contributed by atoms with Gasteiger partial charge in [0, 0.05) is 12.6 Å². The number of halogens is 2. The van der Waals surface area contributed by atoms with Crippen LogP contribution in [0.1, 0.15) is 9.67 Å². The van der Waals surface area contributed by atoms with E-state index in [4.69, 9.17) is 11.6 Å². The second kappa shape index (κ2) is 7.58. The van der Waals surface area contributed by atoms with Gasteiger partial charge in [0.1, 0.15) is 5.82 Å². The topological polar surface area (TPSA) is 46.9 Å². The van der Waals surface area contributed by atoms with Crippen LogP contribution in [0.4, 0.5) is 10.1 Å². The lowest BCUT2D eigenvalue weighted by molar-refractivity contribution is 0.103. The van der Waals surface area contributed by atoms with E-state index in [0.29, 0.717) is 26.8 Å². The Balaban J connectivity index is 1.60. The van der Waals surface area contributed by atoms with Crippen molar-refractivity contribution in [2.75, 3.05) is 5.32 Å². The summed E-state index contributed by atoms with van der Waals surface area (Å²) >= 11 is 7.43. The highest BCUT2D eigenvalue weighted by Crippen LogP contribution is 2.32. The molecule has 28 heavy (non-hydrogen) atoms. The molecule has 1 N–H and O–H groups in total. The third kappa shape index (κ3) is 3.56. The molecule has 0 fully saturated rings. The lowest BCUT2D eigenvalue weighted by Gasteiger charge is -2.05. The van der Waals surface area contributed by atoms with Gasteiger partial charge < -0.3 is 5.32 Å². The molecule has 2 aromatic heterocycles. The molecule has 4 rings (SSSR count). The number of thiophene rings is 1. The number of rotatable bonds is 4. The standard InChI is InChI=1S/C21H15ClFN3OS/c1-26-18(12-17(25-26)13-6-2-4-8-15(13)23)19-10-11-20(28-19)21(27)24-16-9-5-3-7-14(16)22/h2-12H,1H3,(H,24,27). The summed E-state index contributed by atoms with van der Waals surface area (Å²) in [5, 5.41) is 7.71. The summed E-state index contributed by atoms with van der Waals surface area (Å²) in [6, 6.07) is 19.0. The molecule has 2 heterocycles. The predicted molar refractivity (Wildman–Crippen MR) is 111 cm³/mol. The highest BCUT2D eigenvalue weighted by molar-refractivity contribution is 7.17. The molecule has 2 aromatic carbocycles. The Bertz CT molecular complexity index is 1170. The molecule has 0 radical (unpaired) electrons. The lowest BCUT2D eigenvalue weighted by Crippen LogP contribution is -2.10. The number of para-hydroxylation sites is 1. The largest absolute Gasteiger partial charge is 0.320 e. The van der Waals surface area contributed by atoms with Gasteiger partial charge in [0.05, 0.1) is 31.9 Å². The third-order valence-electron chi connectivity index (χ3n) is 4.23. The van der Waals surface area contributed by atoms with Crippen LogP contribution in [-0.4, -0.2) is 15.7 Å². The Kier molecular flexibility index (Phi) is 4.98. The van der Waals surface area contributed by atoms with Crippen LogP contribution in [-0.2, 0) is 7.05 Å². The molecule has 4 nitrogen and oxygen atoms in total. The first kappa shape index (κ1) is 18.4. The zero-order valence-electron chi connectivity index (χ0n) is 14.8. The van der Waals surface area contributed by atoms with Crippen LogP contribution in [0.15, 0.2) is 66.7 Å². The van der Waals surface area contributed by atoms with Gasteiger partial charge in [-0.2, -0.15) is 5.10 Å². The summed E-state index contributed by atoms with van der Waals surface area (Å²) in [7, 11) is 1.79. The lowest BCUT2D eigenvalue weighted by atomic mass is 10.1. The van der Waals surface area contributed by atoms with E-state index in [9.17, 15) is 9.18 Å². The van der Waals surface area contributed by atoms with Gasteiger partial charge >= 0.3 is 0 Å². The normalized spacial score (nSPS) is 10.8. The SMILES string of the molecule is Cn1nc(-c2ccccc2F)cc1-c1ccc(C(=O)Nc2ccccc2Cl)s1. The average Bonchev–Trinajstić information content (AvgIpc) is 3.31. The van der Waals surface area contributed by atoms with E-state index in [1.807, 2.05) is 12.1 Å². The van der Waals surface area contributed by atoms with E-state index in [0.717, 1.165) is 10.6 Å². The molecule has 0 aliphatic rings. The minimum atomic E-state index is -0.321. The maximum atomic E-state index is 14.1. The van der Waals surface area contributed by atoms with Crippen LogP contribution in [0.2, 0.25) is 5.02 Å². The molecule has 140 valence electrons. The zero-order chi connectivity index (χ0) is 19.7. The molecule has 0 aliphatic carbocycles. The van der Waals surface area contributed by atoms with Crippen molar-refractivity contribution in [1.82, 2.24) is 9.78 Å². The van der Waals surface area contributed by atoms with E-state index in [1.54, 1.807) is 60.3 Å². The molecule has 0 saturated carbocycles. The van der Waals surface area contributed by atoms with Crippen molar-refractivity contribution in [2.45, 2.75) is 0 Å². The first-order valence-electron chi connectivity index (χ1n) is 8.48. The van der Waals surface area contributed by atoms with Gasteiger partial charge in [0.25, 0.3) is 5.91 Å². The predicted octanol–water partition coefficient (Wildman–Crippen LogP) is 5.86. The Morgan fingerprint density at radius 1 is 1.11 bits per heavy atom. The highest BCUT2D eigenvalue weighted by Gasteiger charge is 2.16. The fraction of sp³-hybridized carbons (Fsp3) is 0.0476. The molecule has 0 spiro atoms. The van der Waals surface area contributed by atoms with Crippen molar-refractivity contribution in [3.05, 3.63) is 82.4 Å². The molecule has 0 saturated heterocycles. The van der Waals surface area contributed by atoms with Crippen molar-refractivity contribution < 1.29 is 9.18 Å². The summed E-state index contributed by atoms with van der Waals surface area (Å²) in [6.07, 6.45) is 0. The van der Waals surface area contributed by atoms with Crippen LogP contribution in [0, 0.1) is 5.82 Å². The van der Waals surface area contributed by atoms with E-state index in [-0.39, 0.29) is 11.7 Å². The quantitative estimate of drug-likeness (QED) is 0.457. The number of nitrogens with one attached hydrogen (secondary N) is 1. The molecule has 0 aliphatic heterocycles. The zero-order valence-corrected chi connectivity index (χ0v) is 16.4. The summed E-state index contributed by atoms with van der Waals surface area (Å²) in [6.45, 7) is 0. The molecule has 0 atom stereocenters. The number of hydrogen-bond donors (Lipinski definition) is 1. The van der Waals surface area contributed by atoms with Crippen LogP contribution in [0.25, 0.3) is 21.8 Å². The molecule has 0 unspecified atom stereocenters. The minimum absolute atomic E-state index is 0.235. The molecular weight excluding hydrogens is 397 g/mol. The van der Waals surface area contributed by atoms with Gasteiger partial charge in [0.15, 0.2) is 0 Å². The van der Waals surface area contributed by atoms with E-state index in [1.165, 1.54) is 17.4 Å². The van der Waals surface area contributed by atoms with Crippen LogP contribution in [0.5, 0.6) is 0 Å². The number of nitrogens with zero attached hydrogens (tertiary/aromatic N) is 2. The van der Waals surface area contributed by atoms with E-state index < -0.39 is 0 Å². The van der Waals surface area contributed by atoms with Gasteiger partial charge in [-0.15, -0.1) is 11.3 Å². The Labute approximate surface area is 170 Å². The number of benzene rings is 2. The van der Waals surface area contributed by atoms with E-state index >= 15 is 0 Å². The van der Waals surface area contributed by atoms with Crippen molar-refractivity contribution >= 4 is 34.5 Å². The summed E-state index contributed by atoms with van der Waals surface area (Å²) < 4.78 is 15.7. The maximum Gasteiger partial charge on any atom is 0.265 e. The Morgan fingerprint density at radius 3 is 2.64 bits per heavy atom. The molecule has 7 heteroatoms. The third-order valence-corrected chi connectivity index (χ3v) is 5.67. The second-order valence-electron chi connectivity index (χ2n) is 6.12. The van der Waals surface area contributed by atoms with E-state index in [2.05, 4.69) is 10.4 Å². The van der Waals surface area contributed by atoms with Gasteiger partial charge in [-0.05, 0) is 42.5 Å². The number of carbonyl (C=O) groups excluding carboxylic acids is 1. The minimum Gasteiger partial charge on any atom is -0.320 e. The Hall–Kier alpha value is -2.96. The number of anilines is 1. The molecule has 0 bridgehead atoms. The monoisotopic (exact) mass is 411 g/mol. The van der Waals surface area contributed by atoms with Crippen molar-refractivity contribution in [3.63, 3.8) is 0 Å². The number of amides is 1. The fourth-order valence-electron chi connectivity index (χ4n) is 2.84. The number of aryl methyl sites for hydroxylation is 1.